The molecule has 1 fully saturated rings. The van der Waals surface area contributed by atoms with Gasteiger partial charge >= 0.3 is 5.97 Å². The van der Waals surface area contributed by atoms with Gasteiger partial charge in [0.2, 0.25) is 6.10 Å². The maximum absolute atomic E-state index is 13.1. The molecule has 7 nitrogen and oxygen atoms in total. The average molecular weight is 390 g/mol. The molecule has 1 aliphatic heterocycles. The Morgan fingerprint density at radius 3 is 2.31 bits per heavy atom. The third kappa shape index (κ3) is 4.34. The van der Waals surface area contributed by atoms with Gasteiger partial charge < -0.3 is 9.64 Å². The Kier molecular flexibility index (Phi) is 5.65. The molecule has 1 aromatic heterocycles. The lowest BCUT2D eigenvalue weighted by molar-refractivity contribution is -0.142. The highest BCUT2D eigenvalue weighted by Gasteiger charge is 2.30. The number of likely N-dealkylation sites (tertiary alicyclic amines) is 1. The van der Waals surface area contributed by atoms with Crippen LogP contribution in [0.3, 0.4) is 0 Å². The molecular weight excluding hydrogens is 368 g/mol. The number of nitrogens with zero attached hydrogens (tertiary/aromatic N) is 4. The van der Waals surface area contributed by atoms with E-state index in [0.29, 0.717) is 24.2 Å². The van der Waals surface area contributed by atoms with E-state index in [1.54, 1.807) is 40.2 Å². The number of carbonyl (C=O) groups is 2. The van der Waals surface area contributed by atoms with E-state index in [9.17, 15) is 9.59 Å². The Labute approximate surface area is 168 Å². The van der Waals surface area contributed by atoms with Crippen molar-refractivity contribution in [2.24, 2.45) is 0 Å². The molecule has 0 N–H and O–H groups in total. The van der Waals surface area contributed by atoms with Crippen molar-refractivity contribution in [2.75, 3.05) is 13.1 Å². The first-order valence-corrected chi connectivity index (χ1v) is 9.72. The van der Waals surface area contributed by atoms with E-state index < -0.39 is 12.1 Å². The van der Waals surface area contributed by atoms with Crippen molar-refractivity contribution in [3.05, 3.63) is 78.4 Å². The largest absolute Gasteiger partial charge is 0.444 e. The van der Waals surface area contributed by atoms with Crippen molar-refractivity contribution in [3.8, 4) is 5.69 Å². The number of piperidine rings is 1. The standard InChI is InChI=1S/C22H22N4O3/c27-21(25-13-5-2-6-14-25)20(17-7-3-1-4-8-17)29-22(28)18-9-11-19(12-10-18)26-16-23-15-24-26/h1,3-4,7-12,15-16,20H,2,5-6,13-14H2. The van der Waals surface area contributed by atoms with Crippen LogP contribution in [0.5, 0.6) is 0 Å². The monoisotopic (exact) mass is 390 g/mol. The fraction of sp³-hybridized carbons (Fsp3) is 0.273. The number of benzene rings is 2. The lowest BCUT2D eigenvalue weighted by Gasteiger charge is -2.30. The predicted molar refractivity (Wildman–Crippen MR) is 106 cm³/mol. The first kappa shape index (κ1) is 18.9. The van der Waals surface area contributed by atoms with Gasteiger partial charge in [0, 0.05) is 18.7 Å². The number of esters is 1. The SMILES string of the molecule is O=C(OC(C(=O)N1CCCCC1)c1ccccc1)c1ccc(-n2cncn2)cc1. The van der Waals surface area contributed by atoms with Crippen LogP contribution in [0.25, 0.3) is 5.69 Å². The van der Waals surface area contributed by atoms with E-state index in [-0.39, 0.29) is 5.91 Å². The zero-order chi connectivity index (χ0) is 20.1. The zero-order valence-electron chi connectivity index (χ0n) is 16.0. The summed E-state index contributed by atoms with van der Waals surface area (Å²) in [6, 6.07) is 16.0. The molecule has 1 unspecified atom stereocenters. The average Bonchev–Trinajstić information content (AvgIpc) is 3.33. The number of carbonyl (C=O) groups excluding carboxylic acids is 2. The highest BCUT2D eigenvalue weighted by atomic mass is 16.5. The van der Waals surface area contributed by atoms with Gasteiger partial charge in [-0.1, -0.05) is 30.3 Å². The van der Waals surface area contributed by atoms with Crippen molar-refractivity contribution in [1.29, 1.82) is 0 Å². The van der Waals surface area contributed by atoms with Crippen LogP contribution in [0.2, 0.25) is 0 Å². The van der Waals surface area contributed by atoms with E-state index in [0.717, 1.165) is 24.9 Å². The Hall–Kier alpha value is -3.48. The Balaban J connectivity index is 1.53. The Morgan fingerprint density at radius 2 is 1.66 bits per heavy atom. The van der Waals surface area contributed by atoms with Gasteiger partial charge in [-0.15, -0.1) is 0 Å². The summed E-state index contributed by atoms with van der Waals surface area (Å²) in [6.07, 6.45) is 5.15. The number of ether oxygens (including phenoxy) is 1. The summed E-state index contributed by atoms with van der Waals surface area (Å²) in [5, 5.41) is 4.06. The number of rotatable bonds is 5. The quantitative estimate of drug-likeness (QED) is 0.626. The van der Waals surface area contributed by atoms with E-state index in [2.05, 4.69) is 10.1 Å². The van der Waals surface area contributed by atoms with Crippen LogP contribution in [0, 0.1) is 0 Å². The normalized spacial score (nSPS) is 15.0. The molecule has 1 saturated heterocycles. The number of aromatic nitrogens is 3. The number of hydrogen-bond donors (Lipinski definition) is 0. The van der Waals surface area contributed by atoms with E-state index in [1.165, 1.54) is 6.33 Å². The number of amides is 1. The summed E-state index contributed by atoms with van der Waals surface area (Å²) in [5.41, 5.74) is 1.83. The Morgan fingerprint density at radius 1 is 0.931 bits per heavy atom. The second-order valence-corrected chi connectivity index (χ2v) is 6.97. The third-order valence-corrected chi connectivity index (χ3v) is 5.01. The first-order valence-electron chi connectivity index (χ1n) is 9.72. The lowest BCUT2D eigenvalue weighted by Crippen LogP contribution is -2.40. The van der Waals surface area contributed by atoms with Gasteiger partial charge in [-0.3, -0.25) is 4.79 Å². The molecule has 4 rings (SSSR count). The van der Waals surface area contributed by atoms with Crippen LogP contribution < -0.4 is 0 Å². The predicted octanol–water partition coefficient (Wildman–Crippen LogP) is 3.18. The Bertz CT molecular complexity index is 949. The summed E-state index contributed by atoms with van der Waals surface area (Å²) in [7, 11) is 0. The minimum absolute atomic E-state index is 0.163. The minimum Gasteiger partial charge on any atom is -0.444 e. The van der Waals surface area contributed by atoms with Crippen LogP contribution in [0.15, 0.2) is 67.3 Å². The molecule has 0 aliphatic carbocycles. The van der Waals surface area contributed by atoms with Gasteiger partial charge in [0.15, 0.2) is 0 Å². The second kappa shape index (κ2) is 8.68. The fourth-order valence-corrected chi connectivity index (χ4v) is 3.44. The van der Waals surface area contributed by atoms with Gasteiger partial charge in [0.1, 0.15) is 12.7 Å². The molecule has 7 heteroatoms. The topological polar surface area (TPSA) is 77.3 Å². The van der Waals surface area contributed by atoms with Gasteiger partial charge in [0.25, 0.3) is 5.91 Å². The molecule has 0 saturated carbocycles. The van der Waals surface area contributed by atoms with Gasteiger partial charge in [-0.25, -0.2) is 14.5 Å². The highest BCUT2D eigenvalue weighted by Crippen LogP contribution is 2.24. The molecule has 1 atom stereocenters. The van der Waals surface area contributed by atoms with Crippen molar-refractivity contribution in [3.63, 3.8) is 0 Å². The lowest BCUT2D eigenvalue weighted by atomic mass is 10.1. The summed E-state index contributed by atoms with van der Waals surface area (Å²) in [6.45, 7) is 1.40. The molecule has 1 aliphatic rings. The summed E-state index contributed by atoms with van der Waals surface area (Å²) in [5.74, 6) is -0.696. The highest BCUT2D eigenvalue weighted by molar-refractivity contribution is 5.93. The summed E-state index contributed by atoms with van der Waals surface area (Å²) < 4.78 is 7.30. The maximum Gasteiger partial charge on any atom is 0.339 e. The molecule has 29 heavy (non-hydrogen) atoms. The molecule has 2 heterocycles. The van der Waals surface area contributed by atoms with Crippen LogP contribution >= 0.6 is 0 Å². The first-order chi connectivity index (χ1) is 14.2. The van der Waals surface area contributed by atoms with Gasteiger partial charge in [-0.2, -0.15) is 5.10 Å². The molecule has 2 aromatic carbocycles. The second-order valence-electron chi connectivity index (χ2n) is 6.97. The third-order valence-electron chi connectivity index (χ3n) is 5.01. The van der Waals surface area contributed by atoms with Crippen molar-refractivity contribution >= 4 is 11.9 Å². The van der Waals surface area contributed by atoms with E-state index >= 15 is 0 Å². The molecule has 0 radical (unpaired) electrons. The van der Waals surface area contributed by atoms with E-state index in [1.807, 2.05) is 30.3 Å². The molecule has 0 spiro atoms. The molecule has 1 amide bonds. The van der Waals surface area contributed by atoms with Gasteiger partial charge in [0.05, 0.1) is 11.3 Å². The van der Waals surface area contributed by atoms with E-state index in [4.69, 9.17) is 4.74 Å². The van der Waals surface area contributed by atoms with Crippen LogP contribution in [0.4, 0.5) is 0 Å². The maximum atomic E-state index is 13.1. The van der Waals surface area contributed by atoms with Crippen molar-refractivity contribution in [1.82, 2.24) is 19.7 Å². The van der Waals surface area contributed by atoms with Crippen LogP contribution in [-0.2, 0) is 9.53 Å². The fourth-order valence-electron chi connectivity index (χ4n) is 3.44. The smallest absolute Gasteiger partial charge is 0.339 e. The van der Waals surface area contributed by atoms with Crippen LogP contribution in [-0.4, -0.2) is 44.6 Å². The molecule has 0 bridgehead atoms. The van der Waals surface area contributed by atoms with Crippen LogP contribution in [0.1, 0.15) is 41.3 Å². The summed E-state index contributed by atoms with van der Waals surface area (Å²) >= 11 is 0. The molecule has 148 valence electrons. The van der Waals surface area contributed by atoms with Crippen molar-refractivity contribution < 1.29 is 14.3 Å². The molecular formula is C22H22N4O3. The number of hydrogen-bond acceptors (Lipinski definition) is 5. The zero-order valence-corrected chi connectivity index (χ0v) is 16.0. The van der Waals surface area contributed by atoms with Crippen molar-refractivity contribution in [2.45, 2.75) is 25.4 Å². The van der Waals surface area contributed by atoms with Gasteiger partial charge in [-0.05, 0) is 43.5 Å². The molecule has 3 aromatic rings. The summed E-state index contributed by atoms with van der Waals surface area (Å²) in [4.78, 5) is 31.6. The minimum atomic E-state index is -0.947.